The predicted molar refractivity (Wildman–Crippen MR) is 131 cm³/mol. The van der Waals surface area contributed by atoms with E-state index in [1.807, 2.05) is 0 Å². The number of hydrogen-bond acceptors (Lipinski definition) is 14. The second-order valence-electron chi connectivity index (χ2n) is 8.63. The van der Waals surface area contributed by atoms with Gasteiger partial charge < -0.3 is 39.4 Å². The molecule has 1 fully saturated rings. The minimum absolute atomic E-state index is 0. The number of imidazole rings is 1. The summed E-state index contributed by atoms with van der Waals surface area (Å²) >= 11 is 0. The third-order valence-corrected chi connectivity index (χ3v) is 9.41. The number of phosphoric acid groups is 3. The molecule has 0 aromatic carbocycles. The van der Waals surface area contributed by atoms with Crippen molar-refractivity contribution in [1.29, 1.82) is 0 Å². The van der Waals surface area contributed by atoms with Gasteiger partial charge in [-0.3, -0.25) is 13.7 Å². The smallest absolute Gasteiger partial charge is 0.756 e. The molecule has 22 heteroatoms. The quantitative estimate of drug-likeness (QED) is 0.1000. The van der Waals surface area contributed by atoms with E-state index in [9.17, 15) is 38.6 Å². The summed E-state index contributed by atoms with van der Waals surface area (Å²) in [5, 5.41) is 21.1. The zero-order valence-electron chi connectivity index (χ0n) is 22.0. The molecule has 1 aliphatic rings. The first-order valence-electron chi connectivity index (χ1n) is 11.9. The Kier molecular flexibility index (Phi) is 13.3. The van der Waals surface area contributed by atoms with Gasteiger partial charge in [0.1, 0.15) is 24.6 Å². The minimum atomic E-state index is -5.80. The van der Waals surface area contributed by atoms with Crippen molar-refractivity contribution in [3.05, 3.63) is 12.7 Å². The fraction of sp³-hybridized carbons (Fsp3) is 0.722. The maximum absolute atomic E-state index is 12.0. The van der Waals surface area contributed by atoms with E-state index in [1.54, 1.807) is 0 Å². The van der Waals surface area contributed by atoms with E-state index < -0.39 is 54.6 Å². The van der Waals surface area contributed by atoms with Crippen LogP contribution in [0.2, 0.25) is 0 Å². The Balaban J connectivity index is 0.00000560. The van der Waals surface area contributed by atoms with Crippen LogP contribution >= 0.6 is 23.5 Å². The molecule has 18 nitrogen and oxygen atoms in total. The summed E-state index contributed by atoms with van der Waals surface area (Å²) in [5.41, 5.74) is 0.720. The Bertz CT molecular complexity index is 1260. The number of fused-ring (bicyclic) bond motifs is 1. The van der Waals surface area contributed by atoms with Gasteiger partial charge in [0.15, 0.2) is 23.2 Å². The van der Waals surface area contributed by atoms with E-state index in [0.29, 0.717) is 11.3 Å². The summed E-state index contributed by atoms with van der Waals surface area (Å²) < 4.78 is 52.7. The molecule has 7 atom stereocenters. The molecule has 3 rings (SSSR count). The molecule has 0 radical (unpaired) electrons. The number of aliphatic hydroxyl groups excluding tert-OH is 2. The summed E-state index contributed by atoms with van der Waals surface area (Å²) in [6.45, 7) is 4.69. The van der Waals surface area contributed by atoms with Gasteiger partial charge >= 0.3 is 45.2 Å². The van der Waals surface area contributed by atoms with E-state index in [1.165, 1.54) is 17.2 Å². The fourth-order valence-corrected chi connectivity index (χ4v) is 6.84. The first kappa shape index (κ1) is 35.8. The third-order valence-electron chi connectivity index (χ3n) is 5.63. The van der Waals surface area contributed by atoms with Gasteiger partial charge in [-0.25, -0.2) is 28.4 Å². The molecule has 1 aliphatic heterocycles. The van der Waals surface area contributed by atoms with Crippen molar-refractivity contribution in [1.82, 2.24) is 19.5 Å². The number of rotatable bonds is 15. The predicted octanol–water partition coefficient (Wildman–Crippen LogP) is -2.43. The molecule has 1 saturated heterocycles. The Hall–Kier alpha value is -0.360. The summed E-state index contributed by atoms with van der Waals surface area (Å²) in [6, 6.07) is 0. The second-order valence-corrected chi connectivity index (χ2v) is 13.0. The van der Waals surface area contributed by atoms with Crippen LogP contribution in [0.4, 0.5) is 5.82 Å². The van der Waals surface area contributed by atoms with Crippen LogP contribution in [0.25, 0.3) is 11.2 Å². The number of nitrogens with zero attached hydrogens (tertiary/aromatic N) is 5. The minimum Gasteiger partial charge on any atom is -0.756 e. The van der Waals surface area contributed by atoms with Gasteiger partial charge in [-0.2, -0.15) is 4.31 Å². The largest absolute Gasteiger partial charge is 1.00 e. The van der Waals surface area contributed by atoms with Gasteiger partial charge in [0.05, 0.1) is 12.9 Å². The Morgan fingerprint density at radius 3 is 2.20 bits per heavy atom. The molecule has 2 aromatic rings. The van der Waals surface area contributed by atoms with Crippen LogP contribution in [-0.2, 0) is 31.6 Å². The molecule has 4 unspecified atom stereocenters. The number of anilines is 1. The first-order chi connectivity index (χ1) is 18.2. The van der Waals surface area contributed by atoms with Crippen LogP contribution in [0.15, 0.2) is 12.7 Å². The number of hydrogen-bond donors (Lipinski definition) is 5. The van der Waals surface area contributed by atoms with Crippen LogP contribution in [0, 0.1) is 0 Å². The standard InChI is InChI=1S/C18H32N5O13P3.Na/c1-3-5-7-22(8-6-4-2)16-13-17(20-10-19-16)23(11-21-13)18-15(25)14(24)12(34-18)9-33-38(29,30)36-39(31,32)35-37(26,27)28;/h10-12,14-15,18,24-25H,3-9H2,1-2H3,(H,29,30)(H,31,32)(H2,26,27,28);/q;+1/p-1/t12-,14-,15-,18?;/m1./s1. The Morgan fingerprint density at radius 2 is 1.62 bits per heavy atom. The van der Waals surface area contributed by atoms with Gasteiger partial charge in [0.2, 0.25) is 0 Å². The van der Waals surface area contributed by atoms with Crippen molar-refractivity contribution >= 4 is 40.4 Å². The molecule has 0 amide bonds. The Labute approximate surface area is 251 Å². The summed E-state index contributed by atoms with van der Waals surface area (Å²) in [4.78, 5) is 53.1. The number of phosphoric ester groups is 1. The van der Waals surface area contributed by atoms with Gasteiger partial charge in [-0.05, 0) is 12.8 Å². The van der Waals surface area contributed by atoms with Crippen molar-refractivity contribution in [2.75, 3.05) is 24.6 Å². The van der Waals surface area contributed by atoms with E-state index in [-0.39, 0.29) is 35.2 Å². The van der Waals surface area contributed by atoms with Crippen LogP contribution in [0.3, 0.4) is 0 Å². The van der Waals surface area contributed by atoms with Crippen molar-refractivity contribution in [2.45, 2.75) is 64.1 Å². The number of ether oxygens (including phenoxy) is 1. The Morgan fingerprint density at radius 1 is 1.00 bits per heavy atom. The zero-order chi connectivity index (χ0) is 29.0. The van der Waals surface area contributed by atoms with Gasteiger partial charge in [0.25, 0.3) is 7.82 Å². The average Bonchev–Trinajstić information content (AvgIpc) is 3.36. The molecule has 0 aliphatic carbocycles. The molecule has 5 N–H and O–H groups in total. The molecular weight excluding hydrogens is 610 g/mol. The SMILES string of the molecule is CCCCN(CCCC)c1ncnc2c1ncn2C1O[C@H](COP(=O)(O)OP(=O)(O)OP(=O)([O-])O)[C@@H](O)[C@H]1O.[Na+]. The van der Waals surface area contributed by atoms with Crippen LogP contribution in [-0.4, -0.2) is 82.4 Å². The molecular formula is C18H31N5NaO13P3. The summed E-state index contributed by atoms with van der Waals surface area (Å²) in [7, 11) is -17.1. The number of aromatic nitrogens is 4. The van der Waals surface area contributed by atoms with Crippen molar-refractivity contribution in [3.8, 4) is 0 Å². The van der Waals surface area contributed by atoms with E-state index in [0.717, 1.165) is 38.8 Å². The second kappa shape index (κ2) is 14.9. The molecule has 3 heterocycles. The van der Waals surface area contributed by atoms with Crippen molar-refractivity contribution in [2.24, 2.45) is 0 Å². The van der Waals surface area contributed by atoms with E-state index in [2.05, 4.69) is 46.8 Å². The van der Waals surface area contributed by atoms with Crippen LogP contribution in [0.5, 0.6) is 0 Å². The van der Waals surface area contributed by atoms with Gasteiger partial charge in [0, 0.05) is 13.1 Å². The molecule has 0 bridgehead atoms. The van der Waals surface area contributed by atoms with Gasteiger partial charge in [-0.1, -0.05) is 26.7 Å². The summed E-state index contributed by atoms with van der Waals surface area (Å²) in [6.07, 6.45) is 0.499. The molecule has 40 heavy (non-hydrogen) atoms. The number of aliphatic hydroxyl groups is 2. The van der Waals surface area contributed by atoms with Crippen molar-refractivity contribution in [3.63, 3.8) is 0 Å². The molecule has 222 valence electrons. The monoisotopic (exact) mass is 641 g/mol. The molecule has 0 saturated carbocycles. The average molecular weight is 641 g/mol. The third kappa shape index (κ3) is 9.58. The van der Waals surface area contributed by atoms with E-state index >= 15 is 0 Å². The maximum Gasteiger partial charge on any atom is 1.00 e. The molecule has 0 spiro atoms. The number of unbranched alkanes of at least 4 members (excludes halogenated alkanes) is 2. The van der Waals surface area contributed by atoms with E-state index in [4.69, 9.17) is 9.63 Å². The fourth-order valence-electron chi connectivity index (χ4n) is 3.84. The molecule has 2 aromatic heterocycles. The van der Waals surface area contributed by atoms with Crippen molar-refractivity contribution < 1.29 is 90.9 Å². The maximum atomic E-state index is 12.0. The normalized spacial score (nSPS) is 25.6. The van der Waals surface area contributed by atoms with Crippen LogP contribution < -0.4 is 39.4 Å². The van der Waals surface area contributed by atoms with Gasteiger partial charge in [-0.15, -0.1) is 0 Å². The summed E-state index contributed by atoms with van der Waals surface area (Å²) in [5.74, 6) is 0.591. The topological polar surface area (TPSA) is 259 Å². The zero-order valence-corrected chi connectivity index (χ0v) is 26.7. The first-order valence-corrected chi connectivity index (χ1v) is 16.4. The van der Waals surface area contributed by atoms with Crippen LogP contribution in [0.1, 0.15) is 45.8 Å².